The number of anilines is 1. The zero-order chi connectivity index (χ0) is 11.7. The molecule has 0 unspecified atom stereocenters. The lowest BCUT2D eigenvalue weighted by atomic mass is 10.00. The second-order valence-electron chi connectivity index (χ2n) is 3.89. The van der Waals surface area contributed by atoms with Gasteiger partial charge < -0.3 is 15.0 Å². The minimum Gasteiger partial charge on any atom is -0.381 e. The Morgan fingerprint density at radius 3 is 2.76 bits per heavy atom. The van der Waals surface area contributed by atoms with Crippen LogP contribution in [-0.2, 0) is 4.74 Å². The first-order valence-electron chi connectivity index (χ1n) is 5.42. The van der Waals surface area contributed by atoms with Crippen LogP contribution in [0, 0.1) is 0 Å². The summed E-state index contributed by atoms with van der Waals surface area (Å²) in [4.78, 5) is 8.22. The number of H-pyrrole nitrogens is 1. The molecule has 0 atom stereocenters. The molecule has 1 fully saturated rings. The smallest absolute Gasteiger partial charge is 0.295 e. The number of hydrogen-bond donors (Lipinski definition) is 2. The zero-order valence-electron chi connectivity index (χ0n) is 9.09. The van der Waals surface area contributed by atoms with Gasteiger partial charge in [-0.05, 0) is 12.8 Å². The molecule has 0 saturated carbocycles. The molecule has 8 heteroatoms. The molecule has 1 saturated heterocycles. The van der Waals surface area contributed by atoms with E-state index in [4.69, 9.17) is 15.0 Å². The minimum absolute atomic E-state index is 0.158. The molecule has 3 rings (SSSR count). The lowest BCUT2D eigenvalue weighted by Crippen LogP contribution is -2.15. The maximum Gasteiger partial charge on any atom is 0.295 e. The Labute approximate surface area is 96.6 Å². The van der Waals surface area contributed by atoms with E-state index in [0.29, 0.717) is 23.5 Å². The van der Waals surface area contributed by atoms with Gasteiger partial charge in [0.2, 0.25) is 11.8 Å². The van der Waals surface area contributed by atoms with Crippen LogP contribution in [0.4, 0.5) is 5.95 Å². The van der Waals surface area contributed by atoms with Crippen LogP contribution in [-0.4, -0.2) is 38.5 Å². The van der Waals surface area contributed by atoms with Crippen LogP contribution >= 0.6 is 0 Å². The molecule has 3 N–H and O–H groups in total. The highest BCUT2D eigenvalue weighted by Crippen LogP contribution is 2.25. The van der Waals surface area contributed by atoms with Crippen LogP contribution in [0.2, 0.25) is 0 Å². The fraction of sp³-hybridized carbons (Fsp3) is 0.556. The summed E-state index contributed by atoms with van der Waals surface area (Å²) in [5, 5.41) is 10.3. The molecular weight excluding hydrogens is 224 g/mol. The number of hydrogen-bond acceptors (Lipinski definition) is 7. The van der Waals surface area contributed by atoms with Gasteiger partial charge in [-0.25, -0.2) is 0 Å². The number of nitrogens with two attached hydrogens (primary N) is 1. The van der Waals surface area contributed by atoms with Crippen molar-refractivity contribution in [2.24, 2.45) is 0 Å². The molecule has 0 bridgehead atoms. The Hall–Kier alpha value is -1.96. The number of rotatable bonds is 2. The molecule has 17 heavy (non-hydrogen) atoms. The highest BCUT2D eigenvalue weighted by molar-refractivity contribution is 5.41. The van der Waals surface area contributed by atoms with Crippen LogP contribution in [0.15, 0.2) is 4.52 Å². The van der Waals surface area contributed by atoms with E-state index in [1.54, 1.807) is 0 Å². The van der Waals surface area contributed by atoms with Crippen LogP contribution in [0.5, 0.6) is 0 Å². The van der Waals surface area contributed by atoms with E-state index in [9.17, 15) is 0 Å². The van der Waals surface area contributed by atoms with Gasteiger partial charge in [0.15, 0.2) is 5.82 Å². The summed E-state index contributed by atoms with van der Waals surface area (Å²) in [5.41, 5.74) is 5.41. The van der Waals surface area contributed by atoms with Gasteiger partial charge in [-0.15, -0.1) is 5.10 Å². The summed E-state index contributed by atoms with van der Waals surface area (Å²) in [6.07, 6.45) is 1.83. The van der Waals surface area contributed by atoms with E-state index in [1.807, 2.05) is 0 Å². The first kappa shape index (κ1) is 10.2. The maximum absolute atomic E-state index is 5.41. The Morgan fingerprint density at radius 1 is 1.24 bits per heavy atom. The fourth-order valence-electron chi connectivity index (χ4n) is 1.82. The van der Waals surface area contributed by atoms with Gasteiger partial charge in [-0.1, -0.05) is 5.16 Å². The average Bonchev–Trinajstić information content (AvgIpc) is 2.98. The molecule has 0 radical (unpaired) electrons. The zero-order valence-corrected chi connectivity index (χ0v) is 9.09. The van der Waals surface area contributed by atoms with Gasteiger partial charge in [0.05, 0.1) is 0 Å². The Bertz CT molecular complexity index is 501. The van der Waals surface area contributed by atoms with Crippen LogP contribution < -0.4 is 5.73 Å². The van der Waals surface area contributed by atoms with Crippen molar-refractivity contribution in [2.75, 3.05) is 18.9 Å². The number of nitrogens with one attached hydrogen (secondary N) is 1. The van der Waals surface area contributed by atoms with Gasteiger partial charge in [0, 0.05) is 19.1 Å². The second kappa shape index (κ2) is 4.13. The second-order valence-corrected chi connectivity index (χ2v) is 3.89. The molecule has 1 aliphatic rings. The molecule has 0 aliphatic carbocycles. The van der Waals surface area contributed by atoms with Crippen molar-refractivity contribution in [3.8, 4) is 11.7 Å². The van der Waals surface area contributed by atoms with Gasteiger partial charge >= 0.3 is 0 Å². The standard InChI is InChI=1S/C9H12N6O2/c10-9-12-7(13-14-9)8-11-6(15-17-8)5-1-3-16-4-2-5/h5H,1-4H2,(H3,10,12,13,14). The fourth-order valence-corrected chi connectivity index (χ4v) is 1.82. The Kier molecular flexibility index (Phi) is 2.48. The van der Waals surface area contributed by atoms with Crippen molar-refractivity contribution in [3.63, 3.8) is 0 Å². The van der Waals surface area contributed by atoms with Crippen LogP contribution in [0.1, 0.15) is 24.6 Å². The van der Waals surface area contributed by atoms with Crippen molar-refractivity contribution in [3.05, 3.63) is 5.82 Å². The van der Waals surface area contributed by atoms with Gasteiger partial charge in [-0.3, -0.25) is 5.10 Å². The average molecular weight is 236 g/mol. The van der Waals surface area contributed by atoms with E-state index in [1.165, 1.54) is 0 Å². The van der Waals surface area contributed by atoms with E-state index in [2.05, 4.69) is 25.3 Å². The number of aromatic amines is 1. The van der Waals surface area contributed by atoms with E-state index >= 15 is 0 Å². The number of aromatic nitrogens is 5. The summed E-state index contributed by atoms with van der Waals surface area (Å²) >= 11 is 0. The molecule has 3 heterocycles. The van der Waals surface area contributed by atoms with E-state index in [-0.39, 0.29) is 5.95 Å². The minimum atomic E-state index is 0.158. The molecular formula is C9H12N6O2. The largest absolute Gasteiger partial charge is 0.381 e. The van der Waals surface area contributed by atoms with Gasteiger partial charge in [0.25, 0.3) is 5.89 Å². The third kappa shape index (κ3) is 1.98. The monoisotopic (exact) mass is 236 g/mol. The van der Waals surface area contributed by atoms with Crippen LogP contribution in [0.3, 0.4) is 0 Å². The van der Waals surface area contributed by atoms with E-state index in [0.717, 1.165) is 26.1 Å². The summed E-state index contributed by atoms with van der Waals surface area (Å²) in [6.45, 7) is 1.48. The Balaban J connectivity index is 1.82. The van der Waals surface area contributed by atoms with Crippen molar-refractivity contribution >= 4 is 5.95 Å². The normalized spacial score (nSPS) is 17.4. The molecule has 2 aromatic rings. The molecule has 0 amide bonds. The molecule has 8 nitrogen and oxygen atoms in total. The van der Waals surface area contributed by atoms with Crippen molar-refractivity contribution in [1.82, 2.24) is 25.3 Å². The van der Waals surface area contributed by atoms with Crippen molar-refractivity contribution in [1.29, 1.82) is 0 Å². The maximum atomic E-state index is 5.41. The highest BCUT2D eigenvalue weighted by atomic mass is 16.5. The van der Waals surface area contributed by atoms with Crippen molar-refractivity contribution < 1.29 is 9.26 Å². The summed E-state index contributed by atoms with van der Waals surface area (Å²) in [5.74, 6) is 1.86. The third-order valence-corrected chi connectivity index (χ3v) is 2.73. The molecule has 1 aliphatic heterocycles. The van der Waals surface area contributed by atoms with Crippen LogP contribution in [0.25, 0.3) is 11.7 Å². The SMILES string of the molecule is Nc1n[nH]c(-c2nc(C3CCOCC3)no2)n1. The highest BCUT2D eigenvalue weighted by Gasteiger charge is 2.22. The van der Waals surface area contributed by atoms with Crippen molar-refractivity contribution in [2.45, 2.75) is 18.8 Å². The molecule has 90 valence electrons. The summed E-state index contributed by atoms with van der Waals surface area (Å²) in [7, 11) is 0. The van der Waals surface area contributed by atoms with E-state index < -0.39 is 0 Å². The number of nitrogens with zero attached hydrogens (tertiary/aromatic N) is 4. The Morgan fingerprint density at radius 2 is 2.06 bits per heavy atom. The third-order valence-electron chi connectivity index (χ3n) is 2.73. The lowest BCUT2D eigenvalue weighted by Gasteiger charge is -2.18. The predicted octanol–water partition coefficient (Wildman–Crippen LogP) is 0.331. The summed E-state index contributed by atoms with van der Waals surface area (Å²) in [6, 6.07) is 0. The first-order chi connectivity index (χ1) is 8.33. The number of nitrogen functional groups attached to an aromatic ring is 1. The van der Waals surface area contributed by atoms with Gasteiger partial charge in [-0.2, -0.15) is 9.97 Å². The summed E-state index contributed by atoms with van der Waals surface area (Å²) < 4.78 is 10.4. The molecule has 0 aromatic carbocycles. The van der Waals surface area contributed by atoms with Gasteiger partial charge in [0.1, 0.15) is 0 Å². The predicted molar refractivity (Wildman–Crippen MR) is 56.9 cm³/mol. The molecule has 2 aromatic heterocycles. The quantitative estimate of drug-likeness (QED) is 0.771. The lowest BCUT2D eigenvalue weighted by molar-refractivity contribution is 0.0830. The first-order valence-corrected chi connectivity index (χ1v) is 5.42. The topological polar surface area (TPSA) is 116 Å². The number of ether oxygens (including phenoxy) is 1. The molecule has 0 spiro atoms.